The number of rotatable bonds is 11. The molecule has 2 aliphatic carbocycles. The van der Waals surface area contributed by atoms with Crippen LogP contribution >= 0.6 is 0 Å². The average Bonchev–Trinajstić information content (AvgIpc) is 2.96. The van der Waals surface area contributed by atoms with Crippen molar-refractivity contribution < 1.29 is 32.7 Å². The largest absolute Gasteiger partial charge is 0.479 e. The molecule has 0 radical (unpaired) electrons. The molecule has 1 aliphatic heterocycles. The Kier molecular flexibility index (Phi) is 12.3. The van der Waals surface area contributed by atoms with Gasteiger partial charge in [-0.1, -0.05) is 84.9 Å². The summed E-state index contributed by atoms with van der Waals surface area (Å²) in [6.07, 6.45) is 8.41. The summed E-state index contributed by atoms with van der Waals surface area (Å²) in [6.45, 7) is 28.4. The fourth-order valence-electron chi connectivity index (χ4n) is 6.86. The van der Waals surface area contributed by atoms with E-state index in [1.807, 2.05) is 31.2 Å². The van der Waals surface area contributed by atoms with Crippen molar-refractivity contribution in [1.29, 1.82) is 0 Å². The van der Waals surface area contributed by atoms with Gasteiger partial charge in [0.15, 0.2) is 22.7 Å². The lowest BCUT2D eigenvalue weighted by molar-refractivity contribution is -0.164. The van der Waals surface area contributed by atoms with Gasteiger partial charge in [0.25, 0.3) is 0 Å². The summed E-state index contributed by atoms with van der Waals surface area (Å²) in [6, 6.07) is 7.72. The zero-order valence-corrected chi connectivity index (χ0v) is 34.6. The molecule has 0 aromatic heterocycles. The number of esters is 2. The highest BCUT2D eigenvalue weighted by Crippen LogP contribution is 2.47. The van der Waals surface area contributed by atoms with Gasteiger partial charge in [-0.2, -0.15) is 0 Å². The molecule has 1 aromatic carbocycles. The monoisotopic (exact) mass is 712 g/mol. The molecule has 1 heterocycles. The molecule has 1 unspecified atom stereocenters. The number of cyclic esters (lactones) is 1. The van der Waals surface area contributed by atoms with Crippen LogP contribution in [0.3, 0.4) is 0 Å². The van der Waals surface area contributed by atoms with Crippen LogP contribution in [-0.4, -0.2) is 59.1 Å². The molecular formula is C40H64O7Si2. The summed E-state index contributed by atoms with van der Waals surface area (Å²) in [5, 5.41) is 0.117. The van der Waals surface area contributed by atoms with E-state index in [1.54, 1.807) is 6.92 Å². The van der Waals surface area contributed by atoms with Gasteiger partial charge in [-0.25, -0.2) is 4.79 Å². The van der Waals surface area contributed by atoms with Crippen LogP contribution < -0.4 is 4.74 Å². The number of hydrogen-bond donors (Lipinski definition) is 0. The second-order valence-electron chi connectivity index (χ2n) is 17.9. The predicted molar refractivity (Wildman–Crippen MR) is 202 cm³/mol. The maximum absolute atomic E-state index is 13.7. The van der Waals surface area contributed by atoms with Gasteiger partial charge in [0.05, 0.1) is 18.6 Å². The summed E-state index contributed by atoms with van der Waals surface area (Å²) in [5.41, 5.74) is 2.14. The molecule has 0 saturated carbocycles. The molecule has 0 bridgehead atoms. The third-order valence-electron chi connectivity index (χ3n) is 11.9. The Balaban J connectivity index is 1.55. The number of allylic oxidation sites excluding steroid dienone is 2. The predicted octanol–water partition coefficient (Wildman–Crippen LogP) is 9.71. The van der Waals surface area contributed by atoms with Crippen LogP contribution in [0.15, 0.2) is 48.1 Å². The molecule has 7 nitrogen and oxygen atoms in total. The molecule has 1 aromatic rings. The van der Waals surface area contributed by atoms with Crippen molar-refractivity contribution >= 4 is 28.6 Å². The van der Waals surface area contributed by atoms with Crippen molar-refractivity contribution in [3.05, 3.63) is 53.6 Å². The molecule has 3 aliphatic rings. The first-order valence-corrected chi connectivity index (χ1v) is 24.3. The first kappa shape index (κ1) is 39.6. The number of carbonyl (C=O) groups excluding carboxylic acids is 2. The van der Waals surface area contributed by atoms with Crippen LogP contribution in [0.5, 0.6) is 5.75 Å². The summed E-state index contributed by atoms with van der Waals surface area (Å²) < 4.78 is 32.1. The van der Waals surface area contributed by atoms with Crippen molar-refractivity contribution in [3.63, 3.8) is 0 Å². The smallest absolute Gasteiger partial charge is 0.347 e. The number of benzene rings is 1. The van der Waals surface area contributed by atoms with Crippen LogP contribution in [0.1, 0.15) is 93.1 Å². The normalized spacial score (nSPS) is 28.6. The number of aryl methyl sites for hydroxylation is 1. The summed E-state index contributed by atoms with van der Waals surface area (Å²) in [5.74, 6) is 0.618. The van der Waals surface area contributed by atoms with Gasteiger partial charge in [0, 0.05) is 18.8 Å². The first-order valence-electron chi connectivity index (χ1n) is 18.5. The zero-order valence-electron chi connectivity index (χ0n) is 32.6. The zero-order chi connectivity index (χ0) is 36.5. The highest BCUT2D eigenvalue weighted by Gasteiger charge is 2.47. The molecule has 0 N–H and O–H groups in total. The van der Waals surface area contributed by atoms with E-state index in [9.17, 15) is 9.59 Å². The maximum atomic E-state index is 13.7. The van der Waals surface area contributed by atoms with Gasteiger partial charge < -0.3 is 23.1 Å². The van der Waals surface area contributed by atoms with Crippen molar-refractivity contribution in [2.75, 3.05) is 0 Å². The Hall–Kier alpha value is -2.21. The van der Waals surface area contributed by atoms with Crippen molar-refractivity contribution in [1.82, 2.24) is 0 Å². The third kappa shape index (κ3) is 9.77. The standard InChI is InChI=1S/C40H64O7Si2/c1-26-18-19-29-22-31(46-48(10,11)39(4,5)6)24-35(45-38(42)28(3)43-34-17-15-14-16-27(34)2)37(29)33(26)21-20-30-23-32(25-36(41)44-30)47-49(12,13)40(7,8)9/h14-19,22,26,28,30-33,35,37H,20-21,23-25H2,1-13H3/t26-,28?,30+,31+,32+,33-,35-,37-/m0/s1. The van der Waals surface area contributed by atoms with E-state index in [2.05, 4.69) is 92.9 Å². The number of hydrogen-bond acceptors (Lipinski definition) is 7. The molecule has 1 saturated heterocycles. The quantitative estimate of drug-likeness (QED) is 0.167. The third-order valence-corrected chi connectivity index (χ3v) is 21.0. The Morgan fingerprint density at radius 1 is 0.959 bits per heavy atom. The van der Waals surface area contributed by atoms with E-state index in [0.717, 1.165) is 24.8 Å². The van der Waals surface area contributed by atoms with Gasteiger partial charge in [0.1, 0.15) is 18.0 Å². The fraction of sp³-hybridized carbons (Fsp3) is 0.700. The Bertz CT molecular complexity index is 1390. The SMILES string of the molecule is Cc1ccccc1OC(C)C(=O)O[C@H]1C[C@H](O[Si](C)(C)C(C)(C)C)C=C2C=C[C@H](C)[C@H](CC[C@@H]3C[C@@H](O[Si](C)(C)C(C)(C)C)CC(=O)O3)[C@H]21. The number of fused-ring (bicyclic) bond motifs is 1. The van der Waals surface area contributed by atoms with Crippen molar-refractivity contribution in [2.45, 2.75) is 161 Å². The maximum Gasteiger partial charge on any atom is 0.347 e. The van der Waals surface area contributed by atoms with Gasteiger partial charge in [-0.15, -0.1) is 0 Å². The molecule has 274 valence electrons. The Morgan fingerprint density at radius 3 is 2.22 bits per heavy atom. The van der Waals surface area contributed by atoms with Gasteiger partial charge >= 0.3 is 11.9 Å². The number of ether oxygens (including phenoxy) is 3. The molecule has 1 fully saturated rings. The topological polar surface area (TPSA) is 80.3 Å². The van der Waals surface area contributed by atoms with E-state index in [-0.39, 0.29) is 64.2 Å². The second-order valence-corrected chi connectivity index (χ2v) is 27.4. The fourth-order valence-corrected chi connectivity index (χ4v) is 9.50. The lowest BCUT2D eigenvalue weighted by atomic mass is 9.66. The van der Waals surface area contributed by atoms with E-state index >= 15 is 0 Å². The van der Waals surface area contributed by atoms with E-state index in [1.165, 1.54) is 5.57 Å². The molecule has 0 amide bonds. The van der Waals surface area contributed by atoms with E-state index in [0.29, 0.717) is 18.6 Å². The minimum atomic E-state index is -2.10. The summed E-state index contributed by atoms with van der Waals surface area (Å²) in [4.78, 5) is 26.5. The molecule has 0 spiro atoms. The minimum Gasteiger partial charge on any atom is -0.479 e. The lowest BCUT2D eigenvalue weighted by Crippen LogP contribution is -2.49. The van der Waals surface area contributed by atoms with Crippen LogP contribution in [0.2, 0.25) is 36.3 Å². The summed E-state index contributed by atoms with van der Waals surface area (Å²) in [7, 11) is -4.13. The van der Waals surface area contributed by atoms with Crippen molar-refractivity contribution in [2.24, 2.45) is 17.8 Å². The number of para-hydroxylation sites is 1. The minimum absolute atomic E-state index is 0.00690. The highest BCUT2D eigenvalue weighted by atomic mass is 28.4. The number of carbonyl (C=O) groups is 2. The van der Waals surface area contributed by atoms with Crippen LogP contribution in [0.25, 0.3) is 0 Å². The molecule has 4 rings (SSSR count). The molecular weight excluding hydrogens is 649 g/mol. The van der Waals surface area contributed by atoms with Gasteiger partial charge in [-0.05, 0) is 92.0 Å². The second kappa shape index (κ2) is 15.2. The van der Waals surface area contributed by atoms with Crippen LogP contribution in [-0.2, 0) is 27.9 Å². The van der Waals surface area contributed by atoms with E-state index < -0.39 is 22.7 Å². The summed E-state index contributed by atoms with van der Waals surface area (Å²) >= 11 is 0. The molecule has 8 atom stereocenters. The van der Waals surface area contributed by atoms with E-state index in [4.69, 9.17) is 23.1 Å². The van der Waals surface area contributed by atoms with Gasteiger partial charge in [0.2, 0.25) is 0 Å². The average molecular weight is 713 g/mol. The highest BCUT2D eigenvalue weighted by molar-refractivity contribution is 6.74. The van der Waals surface area contributed by atoms with Crippen LogP contribution in [0.4, 0.5) is 0 Å². The van der Waals surface area contributed by atoms with Crippen molar-refractivity contribution in [3.8, 4) is 5.75 Å². The Labute approximate surface area is 298 Å². The first-order chi connectivity index (χ1) is 22.6. The molecule has 49 heavy (non-hydrogen) atoms. The Morgan fingerprint density at radius 2 is 1.59 bits per heavy atom. The van der Waals surface area contributed by atoms with Crippen LogP contribution in [0, 0.1) is 24.7 Å². The lowest BCUT2D eigenvalue weighted by Gasteiger charge is -2.46. The van der Waals surface area contributed by atoms with Gasteiger partial charge in [-0.3, -0.25) is 4.79 Å². The molecule has 9 heteroatoms.